The first-order chi connectivity index (χ1) is 12.7. The van der Waals surface area contributed by atoms with Gasteiger partial charge in [0.05, 0.1) is 6.42 Å². The monoisotopic (exact) mass is 345 g/mol. The minimum absolute atomic E-state index is 0.0491. The maximum atomic E-state index is 12.2. The van der Waals surface area contributed by atoms with Gasteiger partial charge in [0, 0.05) is 34.7 Å². The van der Waals surface area contributed by atoms with Gasteiger partial charge in [0.15, 0.2) is 0 Å². The van der Waals surface area contributed by atoms with Crippen LogP contribution in [0.4, 0.5) is 0 Å². The van der Waals surface area contributed by atoms with Gasteiger partial charge in [-0.25, -0.2) is 0 Å². The predicted octanol–water partition coefficient (Wildman–Crippen LogP) is 2.91. The molecule has 0 aliphatic rings. The number of H-pyrrole nitrogens is 2. The minimum atomic E-state index is -0.102. The summed E-state index contributed by atoms with van der Waals surface area (Å²) in [7, 11) is 0. The van der Waals surface area contributed by atoms with Gasteiger partial charge in [-0.3, -0.25) is 9.59 Å². The Hall–Kier alpha value is -3.34. The molecule has 5 nitrogen and oxygen atoms in total. The summed E-state index contributed by atoms with van der Waals surface area (Å²) in [5.74, 6) is -0.0491. The Morgan fingerprint density at radius 3 is 2.62 bits per heavy atom. The van der Waals surface area contributed by atoms with Gasteiger partial charge >= 0.3 is 0 Å². The molecule has 2 aromatic carbocycles. The largest absolute Gasteiger partial charge is 0.361 e. The standard InChI is InChI=1S/C21H19N3O2/c25-20(12-16-13-23-19-8-4-2-6-17(16)19)22-10-9-15-11-14-5-1-3-7-18(14)24-21(15)26/h1-8,11,13,23H,9-10,12H2,(H,22,25)(H,24,26). The van der Waals surface area contributed by atoms with E-state index in [1.807, 2.05) is 60.8 Å². The van der Waals surface area contributed by atoms with Crippen molar-refractivity contribution in [1.29, 1.82) is 0 Å². The first kappa shape index (κ1) is 16.1. The van der Waals surface area contributed by atoms with Gasteiger partial charge in [-0.1, -0.05) is 36.4 Å². The van der Waals surface area contributed by atoms with Crippen molar-refractivity contribution >= 4 is 27.7 Å². The molecule has 0 radical (unpaired) electrons. The molecular formula is C21H19N3O2. The van der Waals surface area contributed by atoms with E-state index in [4.69, 9.17) is 0 Å². The van der Waals surface area contributed by atoms with Crippen LogP contribution in [0.1, 0.15) is 11.1 Å². The Kier molecular flexibility index (Phi) is 4.27. The number of aromatic amines is 2. The molecule has 0 bridgehead atoms. The highest BCUT2D eigenvalue weighted by Gasteiger charge is 2.09. The van der Waals surface area contributed by atoms with E-state index in [1.54, 1.807) is 0 Å². The number of benzene rings is 2. The summed E-state index contributed by atoms with van der Waals surface area (Å²) in [6.07, 6.45) is 2.69. The smallest absolute Gasteiger partial charge is 0.251 e. The number of carbonyl (C=O) groups is 1. The molecule has 4 rings (SSSR count). The molecule has 26 heavy (non-hydrogen) atoms. The van der Waals surface area contributed by atoms with Crippen molar-refractivity contribution in [3.63, 3.8) is 0 Å². The van der Waals surface area contributed by atoms with E-state index in [1.165, 1.54) is 0 Å². The molecule has 0 aliphatic heterocycles. The van der Waals surface area contributed by atoms with E-state index in [-0.39, 0.29) is 11.5 Å². The highest BCUT2D eigenvalue weighted by Crippen LogP contribution is 2.18. The molecule has 0 aliphatic carbocycles. The van der Waals surface area contributed by atoms with Crippen LogP contribution in [-0.2, 0) is 17.6 Å². The highest BCUT2D eigenvalue weighted by atomic mass is 16.1. The van der Waals surface area contributed by atoms with Gasteiger partial charge in [0.1, 0.15) is 0 Å². The number of pyridine rings is 1. The number of rotatable bonds is 5. The van der Waals surface area contributed by atoms with Crippen LogP contribution in [0.25, 0.3) is 21.8 Å². The summed E-state index contributed by atoms with van der Waals surface area (Å²) in [6.45, 7) is 0.433. The highest BCUT2D eigenvalue weighted by molar-refractivity contribution is 5.88. The third-order valence-electron chi connectivity index (χ3n) is 4.57. The van der Waals surface area contributed by atoms with Gasteiger partial charge in [0.25, 0.3) is 5.56 Å². The number of amides is 1. The van der Waals surface area contributed by atoms with Crippen LogP contribution in [0.3, 0.4) is 0 Å². The molecule has 2 aromatic heterocycles. The lowest BCUT2D eigenvalue weighted by atomic mass is 10.1. The molecule has 2 heterocycles. The molecule has 1 amide bonds. The summed E-state index contributed by atoms with van der Waals surface area (Å²) in [6, 6.07) is 17.5. The molecule has 0 saturated heterocycles. The zero-order valence-electron chi connectivity index (χ0n) is 14.2. The topological polar surface area (TPSA) is 77.8 Å². The first-order valence-corrected chi connectivity index (χ1v) is 8.63. The van der Waals surface area contributed by atoms with E-state index in [0.717, 1.165) is 27.4 Å². The molecule has 0 saturated carbocycles. The van der Waals surface area contributed by atoms with Crippen molar-refractivity contribution in [2.75, 3.05) is 6.54 Å². The lowest BCUT2D eigenvalue weighted by molar-refractivity contribution is -0.120. The van der Waals surface area contributed by atoms with Gasteiger partial charge in [-0.05, 0) is 35.6 Å². The SMILES string of the molecule is O=C(Cc1c[nH]c2ccccc12)NCCc1cc2ccccc2[nH]c1=O. The number of fused-ring (bicyclic) bond motifs is 2. The van der Waals surface area contributed by atoms with E-state index in [2.05, 4.69) is 15.3 Å². The lowest BCUT2D eigenvalue weighted by Crippen LogP contribution is -2.28. The van der Waals surface area contributed by atoms with E-state index in [9.17, 15) is 9.59 Å². The third-order valence-corrected chi connectivity index (χ3v) is 4.57. The molecule has 0 fully saturated rings. The maximum absolute atomic E-state index is 12.2. The lowest BCUT2D eigenvalue weighted by Gasteiger charge is -2.06. The van der Waals surface area contributed by atoms with Gasteiger partial charge in [-0.15, -0.1) is 0 Å². The second-order valence-electron chi connectivity index (χ2n) is 6.35. The molecule has 5 heteroatoms. The number of aromatic nitrogens is 2. The Morgan fingerprint density at radius 2 is 1.73 bits per heavy atom. The van der Waals surface area contributed by atoms with E-state index >= 15 is 0 Å². The normalized spacial score (nSPS) is 11.1. The molecule has 0 unspecified atom stereocenters. The zero-order chi connectivity index (χ0) is 17.9. The van der Waals surface area contributed by atoms with Crippen LogP contribution in [-0.4, -0.2) is 22.4 Å². The average Bonchev–Trinajstić information content (AvgIpc) is 3.05. The number of nitrogens with one attached hydrogen (secondary N) is 3. The summed E-state index contributed by atoms with van der Waals surface area (Å²) >= 11 is 0. The van der Waals surface area contributed by atoms with Crippen molar-refractivity contribution in [2.45, 2.75) is 12.8 Å². The fraction of sp³-hybridized carbons (Fsp3) is 0.143. The molecule has 0 spiro atoms. The fourth-order valence-electron chi connectivity index (χ4n) is 3.23. The summed E-state index contributed by atoms with van der Waals surface area (Å²) in [5.41, 5.74) is 3.40. The van der Waals surface area contributed by atoms with E-state index in [0.29, 0.717) is 24.9 Å². The third kappa shape index (κ3) is 3.24. The molecule has 130 valence electrons. The van der Waals surface area contributed by atoms with E-state index < -0.39 is 0 Å². The number of carbonyl (C=O) groups excluding carboxylic acids is 1. The molecule has 4 aromatic rings. The quantitative estimate of drug-likeness (QED) is 0.520. The van der Waals surface area contributed by atoms with Gasteiger partial charge in [-0.2, -0.15) is 0 Å². The Balaban J connectivity index is 1.39. The Bertz CT molecular complexity index is 1140. The van der Waals surface area contributed by atoms with Crippen molar-refractivity contribution in [2.24, 2.45) is 0 Å². The number of para-hydroxylation sites is 2. The molecular weight excluding hydrogens is 326 g/mol. The van der Waals surface area contributed by atoms with Crippen LogP contribution < -0.4 is 10.9 Å². The van der Waals surface area contributed by atoms with Gasteiger partial charge in [0.2, 0.25) is 5.91 Å². The summed E-state index contributed by atoms with van der Waals surface area (Å²) in [5, 5.41) is 4.96. The van der Waals surface area contributed by atoms with Crippen molar-refractivity contribution < 1.29 is 4.79 Å². The van der Waals surface area contributed by atoms with Gasteiger partial charge < -0.3 is 15.3 Å². The minimum Gasteiger partial charge on any atom is -0.361 e. The maximum Gasteiger partial charge on any atom is 0.251 e. The van der Waals surface area contributed by atoms with Crippen LogP contribution in [0.5, 0.6) is 0 Å². The Morgan fingerprint density at radius 1 is 0.962 bits per heavy atom. The van der Waals surface area contributed by atoms with Crippen LogP contribution in [0, 0.1) is 0 Å². The number of hydrogen-bond acceptors (Lipinski definition) is 2. The predicted molar refractivity (Wildman–Crippen MR) is 103 cm³/mol. The van der Waals surface area contributed by atoms with Crippen LogP contribution in [0.15, 0.2) is 65.6 Å². The van der Waals surface area contributed by atoms with Crippen molar-refractivity contribution in [1.82, 2.24) is 15.3 Å². The second kappa shape index (κ2) is 6.88. The molecule has 0 atom stereocenters. The fourth-order valence-corrected chi connectivity index (χ4v) is 3.23. The van der Waals surface area contributed by atoms with Crippen LogP contribution >= 0.6 is 0 Å². The first-order valence-electron chi connectivity index (χ1n) is 8.63. The average molecular weight is 345 g/mol. The zero-order valence-corrected chi connectivity index (χ0v) is 14.2. The Labute approximate surface area is 150 Å². The van der Waals surface area contributed by atoms with Crippen molar-refractivity contribution in [3.05, 3.63) is 82.3 Å². The number of hydrogen-bond donors (Lipinski definition) is 3. The molecule has 3 N–H and O–H groups in total. The second-order valence-corrected chi connectivity index (χ2v) is 6.35. The summed E-state index contributed by atoms with van der Waals surface area (Å²) < 4.78 is 0. The van der Waals surface area contributed by atoms with Crippen LogP contribution in [0.2, 0.25) is 0 Å². The van der Waals surface area contributed by atoms with Crippen molar-refractivity contribution in [3.8, 4) is 0 Å². The summed E-state index contributed by atoms with van der Waals surface area (Å²) in [4.78, 5) is 30.4.